The molecule has 5 heteroatoms. The van der Waals surface area contributed by atoms with Crippen molar-refractivity contribution in [2.24, 2.45) is 4.99 Å². The molecule has 0 bridgehead atoms. The number of nitrogens with zero attached hydrogens (tertiary/aromatic N) is 1. The molecule has 2 aromatic rings. The highest BCUT2D eigenvalue weighted by Gasteiger charge is 1.99. The number of rotatable bonds is 10. The summed E-state index contributed by atoms with van der Waals surface area (Å²) in [5.41, 5.74) is 3.59. The molecule has 2 aromatic carbocycles. The first-order chi connectivity index (χ1) is 17.3. The van der Waals surface area contributed by atoms with Crippen molar-refractivity contribution < 1.29 is 18.7 Å². The fourth-order valence-electron chi connectivity index (χ4n) is 2.78. The number of allylic oxidation sites excluding steroid dienone is 2. The van der Waals surface area contributed by atoms with E-state index in [1.165, 1.54) is 23.5 Å². The molecule has 0 N–H and O–H groups in total. The van der Waals surface area contributed by atoms with Gasteiger partial charge in [0.05, 0.1) is 6.61 Å². The number of aryl methyl sites for hydroxylation is 1. The van der Waals surface area contributed by atoms with E-state index >= 15 is 0 Å². The molecule has 36 heavy (non-hydrogen) atoms. The molecule has 0 spiro atoms. The third-order valence-electron chi connectivity index (χ3n) is 4.72. The fraction of sp³-hybridized carbons (Fsp3) is 0.484. The second-order valence-corrected chi connectivity index (χ2v) is 8.48. The Morgan fingerprint density at radius 1 is 0.917 bits per heavy atom. The van der Waals surface area contributed by atoms with Crippen LogP contribution in [-0.2, 0) is 9.53 Å². The third-order valence-corrected chi connectivity index (χ3v) is 4.72. The lowest BCUT2D eigenvalue weighted by atomic mass is 10.2. The smallest absolute Gasteiger partial charge is 0.129 e. The standard InChI is InChI=1S/C11H14O2.C7H7F.C7H11N.C6H14O/c1-10(12)6-5-9-13-11-7-3-2-4-8-11;1-6-2-4-7(8)5-3-6;1-3-7-5-4-6(2)8-7;1-3-5-7-6-4-2/h2-4,7-8H,5-6,9H2,1H3;2-5H,1H3;5H,3-4H2,1-2H3;3-6H2,1-2H3. The van der Waals surface area contributed by atoms with Crippen LogP contribution in [0.5, 0.6) is 5.75 Å². The van der Waals surface area contributed by atoms with Gasteiger partial charge in [-0.3, -0.25) is 4.99 Å². The van der Waals surface area contributed by atoms with Crippen molar-refractivity contribution in [3.63, 3.8) is 0 Å². The van der Waals surface area contributed by atoms with E-state index in [4.69, 9.17) is 9.47 Å². The number of ketones is 1. The van der Waals surface area contributed by atoms with Gasteiger partial charge in [0.1, 0.15) is 17.3 Å². The number of hydrogen-bond donors (Lipinski definition) is 0. The number of Topliss-reactive ketones (excluding diaryl/α,β-unsaturated/α-hetero) is 1. The van der Waals surface area contributed by atoms with Crippen molar-refractivity contribution in [1.82, 2.24) is 0 Å². The second kappa shape index (κ2) is 22.7. The van der Waals surface area contributed by atoms with Crippen LogP contribution < -0.4 is 4.74 Å². The van der Waals surface area contributed by atoms with Gasteiger partial charge in [0.2, 0.25) is 0 Å². The molecule has 0 saturated heterocycles. The maximum Gasteiger partial charge on any atom is 0.129 e. The molecule has 1 aliphatic rings. The highest BCUT2D eigenvalue weighted by atomic mass is 19.1. The number of benzene rings is 2. The predicted octanol–water partition coefficient (Wildman–Crippen LogP) is 8.54. The molecule has 0 aliphatic carbocycles. The fourth-order valence-corrected chi connectivity index (χ4v) is 2.78. The average molecular weight is 500 g/mol. The number of aliphatic imine (C=N–C) groups is 1. The zero-order chi connectivity index (χ0) is 27.0. The topological polar surface area (TPSA) is 47.9 Å². The Bertz CT molecular complexity index is 836. The molecular formula is C31H46FNO3. The monoisotopic (exact) mass is 499 g/mol. The van der Waals surface area contributed by atoms with Gasteiger partial charge in [-0.25, -0.2) is 4.39 Å². The second-order valence-electron chi connectivity index (χ2n) is 8.48. The summed E-state index contributed by atoms with van der Waals surface area (Å²) in [7, 11) is 0. The number of carbonyl (C=O) groups excluding carboxylic acids is 1. The Morgan fingerprint density at radius 2 is 1.53 bits per heavy atom. The molecule has 0 amide bonds. The summed E-state index contributed by atoms with van der Waals surface area (Å²) in [5, 5.41) is 0. The number of carbonyl (C=O) groups is 1. The van der Waals surface area contributed by atoms with E-state index in [9.17, 15) is 9.18 Å². The van der Waals surface area contributed by atoms with Crippen LogP contribution in [0.1, 0.15) is 78.7 Å². The van der Waals surface area contributed by atoms with E-state index in [1.807, 2.05) is 37.3 Å². The van der Waals surface area contributed by atoms with Crippen LogP contribution in [0.15, 0.2) is 71.4 Å². The van der Waals surface area contributed by atoms with Crippen LogP contribution in [0.4, 0.5) is 4.39 Å². The van der Waals surface area contributed by atoms with Crippen molar-refractivity contribution in [2.75, 3.05) is 19.8 Å². The Morgan fingerprint density at radius 3 is 1.94 bits per heavy atom. The minimum absolute atomic E-state index is 0.171. The molecule has 0 aromatic heterocycles. The summed E-state index contributed by atoms with van der Waals surface area (Å²) < 4.78 is 22.6. The van der Waals surface area contributed by atoms with Crippen molar-refractivity contribution in [3.8, 4) is 5.75 Å². The zero-order valence-electron chi connectivity index (χ0n) is 23.2. The van der Waals surface area contributed by atoms with Gasteiger partial charge >= 0.3 is 0 Å². The van der Waals surface area contributed by atoms with Gasteiger partial charge in [-0.2, -0.15) is 0 Å². The molecule has 0 fully saturated rings. The first-order valence-electron chi connectivity index (χ1n) is 13.0. The molecule has 1 heterocycles. The Kier molecular flexibility index (Phi) is 20.9. The summed E-state index contributed by atoms with van der Waals surface area (Å²) in [4.78, 5) is 14.9. The first kappa shape index (κ1) is 33.2. The summed E-state index contributed by atoms with van der Waals surface area (Å²) in [5.74, 6) is 0.915. The molecule has 3 rings (SSSR count). The van der Waals surface area contributed by atoms with E-state index < -0.39 is 0 Å². The van der Waals surface area contributed by atoms with Gasteiger partial charge in [0.25, 0.3) is 0 Å². The molecule has 0 saturated carbocycles. The lowest BCUT2D eigenvalue weighted by molar-refractivity contribution is -0.117. The largest absolute Gasteiger partial charge is 0.494 e. The quantitative estimate of drug-likeness (QED) is 0.308. The van der Waals surface area contributed by atoms with E-state index in [1.54, 1.807) is 19.1 Å². The van der Waals surface area contributed by atoms with E-state index in [-0.39, 0.29) is 11.6 Å². The molecule has 4 nitrogen and oxygen atoms in total. The maximum absolute atomic E-state index is 12.1. The van der Waals surface area contributed by atoms with Crippen LogP contribution in [0.25, 0.3) is 0 Å². The van der Waals surface area contributed by atoms with Gasteiger partial charge in [-0.05, 0) is 70.7 Å². The number of halogens is 1. The van der Waals surface area contributed by atoms with Crippen LogP contribution in [0.3, 0.4) is 0 Å². The predicted molar refractivity (Wildman–Crippen MR) is 150 cm³/mol. The maximum atomic E-state index is 12.1. The summed E-state index contributed by atoms with van der Waals surface area (Å²) in [6.45, 7) is 14.4. The average Bonchev–Trinajstić information content (AvgIpc) is 3.31. The van der Waals surface area contributed by atoms with Crippen LogP contribution in [0.2, 0.25) is 0 Å². The van der Waals surface area contributed by atoms with Gasteiger partial charge in [-0.1, -0.05) is 62.7 Å². The van der Waals surface area contributed by atoms with Gasteiger partial charge in [0.15, 0.2) is 0 Å². The number of para-hydroxylation sites is 1. The van der Waals surface area contributed by atoms with E-state index in [0.717, 1.165) is 56.6 Å². The third kappa shape index (κ3) is 20.6. The van der Waals surface area contributed by atoms with Gasteiger partial charge in [0, 0.05) is 37.5 Å². The Balaban J connectivity index is 0.000000470. The van der Waals surface area contributed by atoms with E-state index in [0.29, 0.717) is 13.0 Å². The van der Waals surface area contributed by atoms with E-state index in [2.05, 4.69) is 38.8 Å². The molecule has 0 atom stereocenters. The molecule has 0 radical (unpaired) electrons. The van der Waals surface area contributed by atoms with Crippen molar-refractivity contribution >= 4 is 11.5 Å². The highest BCUT2D eigenvalue weighted by Crippen LogP contribution is 2.12. The zero-order valence-corrected chi connectivity index (χ0v) is 23.2. The molecule has 1 aliphatic heterocycles. The van der Waals surface area contributed by atoms with Gasteiger partial charge in [-0.15, -0.1) is 0 Å². The lowest BCUT2D eigenvalue weighted by Crippen LogP contribution is -2.00. The minimum Gasteiger partial charge on any atom is -0.494 e. The number of hydrogen-bond acceptors (Lipinski definition) is 4. The number of ether oxygens (including phenoxy) is 2. The van der Waals surface area contributed by atoms with Crippen LogP contribution in [-0.4, -0.2) is 31.3 Å². The Labute approximate surface area is 218 Å². The normalized spacial score (nSPS) is 11.4. The van der Waals surface area contributed by atoms with Crippen LogP contribution >= 0.6 is 0 Å². The highest BCUT2D eigenvalue weighted by molar-refractivity contribution is 5.86. The van der Waals surface area contributed by atoms with Crippen molar-refractivity contribution in [1.29, 1.82) is 0 Å². The molecule has 0 unspecified atom stereocenters. The minimum atomic E-state index is -0.171. The first-order valence-corrected chi connectivity index (χ1v) is 13.0. The van der Waals surface area contributed by atoms with Crippen molar-refractivity contribution in [2.45, 2.75) is 80.1 Å². The Hall–Kier alpha value is -2.79. The SMILES string of the molecule is CC(=O)CCCOc1ccccc1.CCC1=CCC(C)=N1.CCCOCCC.Cc1ccc(F)cc1. The molecule has 200 valence electrons. The summed E-state index contributed by atoms with van der Waals surface area (Å²) in [6.07, 6.45) is 8.02. The summed E-state index contributed by atoms with van der Waals surface area (Å²) in [6, 6.07) is 16.0. The lowest BCUT2D eigenvalue weighted by Gasteiger charge is -2.03. The van der Waals surface area contributed by atoms with Crippen LogP contribution in [0, 0.1) is 12.7 Å². The summed E-state index contributed by atoms with van der Waals surface area (Å²) >= 11 is 0. The molecular weight excluding hydrogens is 453 g/mol. The van der Waals surface area contributed by atoms with Crippen molar-refractivity contribution in [3.05, 3.63) is 77.8 Å². The van der Waals surface area contributed by atoms with Gasteiger partial charge < -0.3 is 14.3 Å².